The summed E-state index contributed by atoms with van der Waals surface area (Å²) in [6, 6.07) is 24.4. The fourth-order valence-electron chi connectivity index (χ4n) is 2.63. The maximum absolute atomic E-state index is 6.03. The first-order chi connectivity index (χ1) is 12.6. The van der Waals surface area contributed by atoms with Gasteiger partial charge in [0.1, 0.15) is 12.4 Å². The maximum atomic E-state index is 6.03. The largest absolute Gasteiger partial charge is 0.489 e. The van der Waals surface area contributed by atoms with Crippen LogP contribution in [0.5, 0.6) is 5.75 Å². The highest BCUT2D eigenvalue weighted by Crippen LogP contribution is 2.23. The molecule has 0 amide bonds. The summed E-state index contributed by atoms with van der Waals surface area (Å²) in [5, 5.41) is 4.63. The first kappa shape index (κ1) is 18.8. The smallest absolute Gasteiger partial charge is 0.119 e. The number of rotatable bonds is 7. The minimum Gasteiger partial charge on any atom is -0.489 e. The highest BCUT2D eigenvalue weighted by Gasteiger charge is 2.04. The Morgan fingerprint density at radius 3 is 2.23 bits per heavy atom. The van der Waals surface area contributed by atoms with Gasteiger partial charge in [-0.3, -0.25) is 0 Å². The van der Waals surface area contributed by atoms with Gasteiger partial charge in [-0.25, -0.2) is 0 Å². The Kier molecular flexibility index (Phi) is 6.56. The molecule has 0 heterocycles. The summed E-state index contributed by atoms with van der Waals surface area (Å²) in [7, 11) is 0. The molecule has 0 aliphatic rings. The SMILES string of the molecule is CC(NCc1ccc(OCc2ccc(Cl)c(Cl)c2)cc1)c1ccccc1. The van der Waals surface area contributed by atoms with Gasteiger partial charge in [0.05, 0.1) is 10.0 Å². The summed E-state index contributed by atoms with van der Waals surface area (Å²) >= 11 is 12.0. The van der Waals surface area contributed by atoms with E-state index in [0.29, 0.717) is 22.7 Å². The van der Waals surface area contributed by atoms with E-state index < -0.39 is 0 Å². The average Bonchev–Trinajstić information content (AvgIpc) is 2.68. The molecule has 2 nitrogen and oxygen atoms in total. The van der Waals surface area contributed by atoms with Crippen LogP contribution in [0.1, 0.15) is 29.7 Å². The van der Waals surface area contributed by atoms with Gasteiger partial charge in [-0.15, -0.1) is 0 Å². The van der Waals surface area contributed by atoms with Gasteiger partial charge in [-0.05, 0) is 47.9 Å². The van der Waals surface area contributed by atoms with Gasteiger partial charge in [-0.1, -0.05) is 71.7 Å². The first-order valence-electron chi connectivity index (χ1n) is 8.56. The normalized spacial score (nSPS) is 12.0. The van der Waals surface area contributed by atoms with Crippen LogP contribution in [0.2, 0.25) is 10.0 Å². The minimum absolute atomic E-state index is 0.307. The summed E-state index contributed by atoms with van der Waals surface area (Å²) < 4.78 is 5.81. The zero-order valence-corrected chi connectivity index (χ0v) is 16.1. The van der Waals surface area contributed by atoms with Crippen molar-refractivity contribution in [3.8, 4) is 5.75 Å². The van der Waals surface area contributed by atoms with Gasteiger partial charge in [0.2, 0.25) is 0 Å². The molecule has 1 N–H and O–H groups in total. The number of hydrogen-bond acceptors (Lipinski definition) is 2. The Morgan fingerprint density at radius 1 is 0.846 bits per heavy atom. The van der Waals surface area contributed by atoms with Gasteiger partial charge < -0.3 is 10.1 Å². The van der Waals surface area contributed by atoms with E-state index in [1.807, 2.05) is 30.3 Å². The zero-order valence-electron chi connectivity index (χ0n) is 14.6. The van der Waals surface area contributed by atoms with Gasteiger partial charge in [0.15, 0.2) is 0 Å². The van der Waals surface area contributed by atoms with Crippen molar-refractivity contribution in [2.45, 2.75) is 26.1 Å². The van der Waals surface area contributed by atoms with E-state index in [9.17, 15) is 0 Å². The number of hydrogen-bond donors (Lipinski definition) is 1. The molecular formula is C22H21Cl2NO. The molecule has 134 valence electrons. The topological polar surface area (TPSA) is 21.3 Å². The van der Waals surface area contributed by atoms with Crippen LogP contribution in [0, 0.1) is 0 Å². The summed E-state index contributed by atoms with van der Waals surface area (Å²) in [5.41, 5.74) is 3.49. The second-order valence-electron chi connectivity index (χ2n) is 6.19. The van der Waals surface area contributed by atoms with Crippen molar-refractivity contribution in [2.24, 2.45) is 0 Å². The number of benzene rings is 3. The molecule has 0 aromatic heterocycles. The Bertz CT molecular complexity index is 835. The van der Waals surface area contributed by atoms with Crippen LogP contribution < -0.4 is 10.1 Å². The van der Waals surface area contributed by atoms with Crippen molar-refractivity contribution in [1.29, 1.82) is 0 Å². The van der Waals surface area contributed by atoms with Crippen molar-refractivity contribution >= 4 is 23.2 Å². The highest BCUT2D eigenvalue weighted by atomic mass is 35.5. The fraction of sp³-hybridized carbons (Fsp3) is 0.182. The molecule has 0 saturated carbocycles. The minimum atomic E-state index is 0.307. The molecule has 26 heavy (non-hydrogen) atoms. The van der Waals surface area contributed by atoms with E-state index >= 15 is 0 Å². The lowest BCUT2D eigenvalue weighted by Crippen LogP contribution is -2.17. The van der Waals surface area contributed by atoms with E-state index in [-0.39, 0.29) is 0 Å². The molecule has 0 bridgehead atoms. The summed E-state index contributed by atoms with van der Waals surface area (Å²) in [6.07, 6.45) is 0. The van der Waals surface area contributed by atoms with Crippen LogP contribution in [0.25, 0.3) is 0 Å². The van der Waals surface area contributed by atoms with Crippen molar-refractivity contribution in [2.75, 3.05) is 0 Å². The summed E-state index contributed by atoms with van der Waals surface area (Å²) in [4.78, 5) is 0. The molecular weight excluding hydrogens is 365 g/mol. The average molecular weight is 386 g/mol. The number of ether oxygens (including phenoxy) is 1. The van der Waals surface area contributed by atoms with E-state index in [1.54, 1.807) is 6.07 Å². The van der Waals surface area contributed by atoms with Gasteiger partial charge in [0.25, 0.3) is 0 Å². The molecule has 1 atom stereocenters. The second kappa shape index (κ2) is 9.09. The van der Waals surface area contributed by atoms with E-state index in [2.05, 4.69) is 48.6 Å². The third kappa shape index (κ3) is 5.25. The van der Waals surface area contributed by atoms with Crippen LogP contribution in [0.4, 0.5) is 0 Å². The molecule has 0 aliphatic heterocycles. The third-order valence-electron chi connectivity index (χ3n) is 4.22. The third-order valence-corrected chi connectivity index (χ3v) is 4.96. The molecule has 3 aromatic rings. The van der Waals surface area contributed by atoms with Crippen molar-refractivity contribution < 1.29 is 4.74 Å². The van der Waals surface area contributed by atoms with Crippen LogP contribution in [-0.4, -0.2) is 0 Å². The van der Waals surface area contributed by atoms with E-state index in [1.165, 1.54) is 11.1 Å². The van der Waals surface area contributed by atoms with Crippen molar-refractivity contribution in [1.82, 2.24) is 5.32 Å². The standard InChI is InChI=1S/C22H21Cl2NO/c1-16(19-5-3-2-4-6-19)25-14-17-7-10-20(11-8-17)26-15-18-9-12-21(23)22(24)13-18/h2-13,16,25H,14-15H2,1H3. The van der Waals surface area contributed by atoms with Gasteiger partial charge in [0, 0.05) is 12.6 Å². The molecule has 0 aliphatic carbocycles. The number of nitrogens with one attached hydrogen (secondary N) is 1. The zero-order chi connectivity index (χ0) is 18.4. The molecule has 4 heteroatoms. The van der Waals surface area contributed by atoms with Crippen LogP contribution in [-0.2, 0) is 13.2 Å². The molecule has 0 saturated heterocycles. The molecule has 1 unspecified atom stereocenters. The highest BCUT2D eigenvalue weighted by molar-refractivity contribution is 6.42. The molecule has 0 fully saturated rings. The lowest BCUT2D eigenvalue weighted by atomic mass is 10.1. The van der Waals surface area contributed by atoms with Gasteiger partial charge in [-0.2, -0.15) is 0 Å². The Labute approximate surface area is 164 Å². The van der Waals surface area contributed by atoms with E-state index in [4.69, 9.17) is 27.9 Å². The molecule has 3 aromatic carbocycles. The molecule has 0 spiro atoms. The summed E-state index contributed by atoms with van der Waals surface area (Å²) in [5.74, 6) is 0.830. The fourth-order valence-corrected chi connectivity index (χ4v) is 2.95. The Hall–Kier alpha value is -2.00. The summed E-state index contributed by atoms with van der Waals surface area (Å²) in [6.45, 7) is 3.44. The lowest BCUT2D eigenvalue weighted by molar-refractivity contribution is 0.306. The quantitative estimate of drug-likeness (QED) is 0.506. The maximum Gasteiger partial charge on any atom is 0.119 e. The second-order valence-corrected chi connectivity index (χ2v) is 7.01. The van der Waals surface area contributed by atoms with Crippen LogP contribution in [0.3, 0.4) is 0 Å². The number of halogens is 2. The monoisotopic (exact) mass is 385 g/mol. The first-order valence-corrected chi connectivity index (χ1v) is 9.31. The Balaban J connectivity index is 1.51. The predicted octanol–water partition coefficient (Wildman–Crippen LogP) is 6.42. The van der Waals surface area contributed by atoms with Gasteiger partial charge >= 0.3 is 0 Å². The van der Waals surface area contributed by atoms with Crippen LogP contribution in [0.15, 0.2) is 72.8 Å². The lowest BCUT2D eigenvalue weighted by Gasteiger charge is -2.14. The molecule has 3 rings (SSSR count). The van der Waals surface area contributed by atoms with Crippen molar-refractivity contribution in [3.05, 3.63) is 99.5 Å². The molecule has 0 radical (unpaired) electrons. The van der Waals surface area contributed by atoms with Crippen molar-refractivity contribution in [3.63, 3.8) is 0 Å². The van der Waals surface area contributed by atoms with E-state index in [0.717, 1.165) is 17.9 Å². The Morgan fingerprint density at radius 2 is 1.54 bits per heavy atom. The predicted molar refractivity (Wildman–Crippen MR) is 109 cm³/mol. The van der Waals surface area contributed by atoms with Crippen LogP contribution >= 0.6 is 23.2 Å².